The smallest absolute Gasteiger partial charge is 0.272 e. The molecule has 3 heterocycles. The quantitative estimate of drug-likeness (QED) is 0.811. The Morgan fingerprint density at radius 1 is 0.963 bits per heavy atom. The maximum Gasteiger partial charge on any atom is 0.272 e. The molecule has 0 radical (unpaired) electrons. The van der Waals surface area contributed by atoms with Gasteiger partial charge in [-0.25, -0.2) is 9.97 Å². The number of hydrogen-bond acceptors (Lipinski definition) is 6. The summed E-state index contributed by atoms with van der Waals surface area (Å²) in [5.41, 5.74) is 1.78. The molecule has 2 aromatic rings. The van der Waals surface area contributed by atoms with Crippen LogP contribution in [0.2, 0.25) is 0 Å². The average molecular weight is 367 g/mol. The van der Waals surface area contributed by atoms with Crippen molar-refractivity contribution in [1.82, 2.24) is 19.8 Å². The summed E-state index contributed by atoms with van der Waals surface area (Å²) in [7, 11) is 0. The van der Waals surface area contributed by atoms with Gasteiger partial charge in [0.25, 0.3) is 5.91 Å². The Labute approximate surface area is 159 Å². The van der Waals surface area contributed by atoms with E-state index in [-0.39, 0.29) is 5.91 Å². The van der Waals surface area contributed by atoms with Crippen LogP contribution < -0.4 is 4.90 Å². The molecule has 27 heavy (non-hydrogen) atoms. The molecule has 0 bridgehead atoms. The van der Waals surface area contributed by atoms with E-state index in [1.54, 1.807) is 12.3 Å². The summed E-state index contributed by atoms with van der Waals surface area (Å²) in [5.74, 6) is 0.609. The normalized spacial score (nSPS) is 18.5. The van der Waals surface area contributed by atoms with Crippen LogP contribution >= 0.6 is 0 Å². The molecule has 0 atom stereocenters. The lowest BCUT2D eigenvalue weighted by molar-refractivity contribution is 0.0622. The molecule has 142 valence electrons. The SMILES string of the molecule is O=C(c1ccnc(N2CCOCC2)n1)N1CCN(Cc2ccccc2)CC1. The van der Waals surface area contributed by atoms with Gasteiger partial charge < -0.3 is 14.5 Å². The standard InChI is InChI=1S/C20H25N5O2/c26-19(18-6-7-21-20(22-18)25-12-14-27-15-13-25)24-10-8-23(9-11-24)16-17-4-2-1-3-5-17/h1-7H,8-16H2. The van der Waals surface area contributed by atoms with Gasteiger partial charge in [-0.1, -0.05) is 30.3 Å². The second-order valence-electron chi connectivity index (χ2n) is 6.90. The molecule has 2 aliphatic heterocycles. The molecule has 0 saturated carbocycles. The molecule has 7 heteroatoms. The van der Waals surface area contributed by atoms with Gasteiger partial charge in [0.2, 0.25) is 5.95 Å². The number of hydrogen-bond donors (Lipinski definition) is 0. The van der Waals surface area contributed by atoms with Crippen molar-refractivity contribution >= 4 is 11.9 Å². The van der Waals surface area contributed by atoms with Gasteiger partial charge >= 0.3 is 0 Å². The maximum atomic E-state index is 12.9. The summed E-state index contributed by atoms with van der Waals surface area (Å²) in [6, 6.07) is 12.2. The number of carbonyl (C=O) groups excluding carboxylic acids is 1. The zero-order valence-electron chi connectivity index (χ0n) is 15.5. The van der Waals surface area contributed by atoms with Crippen molar-refractivity contribution in [3.8, 4) is 0 Å². The third-order valence-corrected chi connectivity index (χ3v) is 5.06. The fourth-order valence-corrected chi connectivity index (χ4v) is 3.50. The van der Waals surface area contributed by atoms with E-state index in [1.165, 1.54) is 5.56 Å². The minimum atomic E-state index is -0.00808. The van der Waals surface area contributed by atoms with Crippen molar-refractivity contribution in [2.75, 3.05) is 57.4 Å². The molecule has 2 fully saturated rings. The lowest BCUT2D eigenvalue weighted by Gasteiger charge is -2.34. The average Bonchev–Trinajstić information content (AvgIpc) is 2.75. The molecule has 1 aromatic carbocycles. The molecule has 0 N–H and O–H groups in total. The molecule has 1 amide bonds. The van der Waals surface area contributed by atoms with E-state index < -0.39 is 0 Å². The van der Waals surface area contributed by atoms with Gasteiger partial charge in [-0.05, 0) is 11.6 Å². The fourth-order valence-electron chi connectivity index (χ4n) is 3.50. The Hall–Kier alpha value is -2.51. The molecule has 1 aromatic heterocycles. The molecule has 2 aliphatic rings. The summed E-state index contributed by atoms with van der Waals surface area (Å²) in [5, 5.41) is 0. The minimum Gasteiger partial charge on any atom is -0.378 e. The lowest BCUT2D eigenvalue weighted by atomic mass is 10.2. The molecule has 4 rings (SSSR count). The van der Waals surface area contributed by atoms with Gasteiger partial charge in [-0.15, -0.1) is 0 Å². The first kappa shape index (κ1) is 17.9. The van der Waals surface area contributed by atoms with E-state index in [2.05, 4.69) is 44.0 Å². The number of rotatable bonds is 4. The fraction of sp³-hybridized carbons (Fsp3) is 0.450. The Morgan fingerprint density at radius 3 is 2.44 bits per heavy atom. The number of nitrogens with zero attached hydrogens (tertiary/aromatic N) is 5. The zero-order chi connectivity index (χ0) is 18.5. The molecular weight excluding hydrogens is 342 g/mol. The van der Waals surface area contributed by atoms with Gasteiger partial charge in [-0.2, -0.15) is 0 Å². The Morgan fingerprint density at radius 2 is 1.70 bits per heavy atom. The van der Waals surface area contributed by atoms with E-state index in [1.807, 2.05) is 11.0 Å². The first-order valence-corrected chi connectivity index (χ1v) is 9.51. The highest BCUT2D eigenvalue weighted by Crippen LogP contribution is 2.14. The van der Waals surface area contributed by atoms with Crippen LogP contribution in [0.3, 0.4) is 0 Å². The minimum absolute atomic E-state index is 0.00808. The third kappa shape index (κ3) is 4.43. The molecule has 0 unspecified atom stereocenters. The topological polar surface area (TPSA) is 61.8 Å². The van der Waals surface area contributed by atoms with Crippen molar-refractivity contribution in [2.24, 2.45) is 0 Å². The van der Waals surface area contributed by atoms with Crippen LogP contribution in [0, 0.1) is 0 Å². The van der Waals surface area contributed by atoms with Crippen LogP contribution in [-0.2, 0) is 11.3 Å². The van der Waals surface area contributed by atoms with E-state index >= 15 is 0 Å². The number of carbonyl (C=O) groups is 1. The summed E-state index contributed by atoms with van der Waals surface area (Å²) in [6.45, 7) is 6.99. The number of morpholine rings is 1. The monoisotopic (exact) mass is 367 g/mol. The second kappa shape index (κ2) is 8.45. The molecular formula is C20H25N5O2. The van der Waals surface area contributed by atoms with Gasteiger partial charge in [-0.3, -0.25) is 9.69 Å². The molecule has 0 spiro atoms. The van der Waals surface area contributed by atoms with Crippen LogP contribution in [0.1, 0.15) is 16.1 Å². The van der Waals surface area contributed by atoms with E-state index in [9.17, 15) is 4.79 Å². The van der Waals surface area contributed by atoms with Crippen molar-refractivity contribution in [3.63, 3.8) is 0 Å². The first-order chi connectivity index (χ1) is 13.3. The Kier molecular flexibility index (Phi) is 5.60. The largest absolute Gasteiger partial charge is 0.378 e. The molecule has 7 nitrogen and oxygen atoms in total. The number of anilines is 1. The zero-order valence-corrected chi connectivity index (χ0v) is 15.5. The van der Waals surface area contributed by atoms with Crippen molar-refractivity contribution in [2.45, 2.75) is 6.54 Å². The lowest BCUT2D eigenvalue weighted by Crippen LogP contribution is -2.48. The highest BCUT2D eigenvalue weighted by molar-refractivity contribution is 5.92. The van der Waals surface area contributed by atoms with Crippen LogP contribution in [0.25, 0.3) is 0 Å². The summed E-state index contributed by atoms with van der Waals surface area (Å²) >= 11 is 0. The summed E-state index contributed by atoms with van der Waals surface area (Å²) in [6.07, 6.45) is 1.68. The second-order valence-corrected chi connectivity index (χ2v) is 6.90. The van der Waals surface area contributed by atoms with Gasteiger partial charge in [0.1, 0.15) is 5.69 Å². The predicted octanol–water partition coefficient (Wildman–Crippen LogP) is 1.27. The van der Waals surface area contributed by atoms with Crippen LogP contribution in [-0.4, -0.2) is 78.2 Å². The number of amides is 1. The number of piperazine rings is 1. The summed E-state index contributed by atoms with van der Waals surface area (Å²) < 4.78 is 5.37. The Balaban J connectivity index is 1.35. The van der Waals surface area contributed by atoms with Crippen LogP contribution in [0.15, 0.2) is 42.6 Å². The van der Waals surface area contributed by atoms with Crippen molar-refractivity contribution < 1.29 is 9.53 Å². The highest BCUT2D eigenvalue weighted by Gasteiger charge is 2.24. The van der Waals surface area contributed by atoms with Gasteiger partial charge in [0.15, 0.2) is 0 Å². The maximum absolute atomic E-state index is 12.9. The molecule has 0 aliphatic carbocycles. The Bertz CT molecular complexity index is 756. The van der Waals surface area contributed by atoms with Crippen molar-refractivity contribution in [1.29, 1.82) is 0 Å². The van der Waals surface area contributed by atoms with Gasteiger partial charge in [0.05, 0.1) is 13.2 Å². The first-order valence-electron chi connectivity index (χ1n) is 9.51. The highest BCUT2D eigenvalue weighted by atomic mass is 16.5. The van der Waals surface area contributed by atoms with E-state index in [0.29, 0.717) is 24.9 Å². The van der Waals surface area contributed by atoms with Crippen molar-refractivity contribution in [3.05, 3.63) is 53.9 Å². The number of benzene rings is 1. The van der Waals surface area contributed by atoms with Crippen LogP contribution in [0.5, 0.6) is 0 Å². The third-order valence-electron chi connectivity index (χ3n) is 5.06. The summed E-state index contributed by atoms with van der Waals surface area (Å²) in [4.78, 5) is 28.1. The number of ether oxygens (including phenoxy) is 1. The predicted molar refractivity (Wildman–Crippen MR) is 103 cm³/mol. The van der Waals surface area contributed by atoms with E-state index in [4.69, 9.17) is 4.74 Å². The number of aromatic nitrogens is 2. The van der Waals surface area contributed by atoms with E-state index in [0.717, 1.165) is 45.8 Å². The van der Waals surface area contributed by atoms with Crippen LogP contribution in [0.4, 0.5) is 5.95 Å². The van der Waals surface area contributed by atoms with Gasteiger partial charge in [0, 0.05) is 52.0 Å². The molecule has 2 saturated heterocycles.